The Labute approximate surface area is 195 Å². The number of benzene rings is 2. The van der Waals surface area contributed by atoms with Gasteiger partial charge in [-0.3, -0.25) is 9.69 Å². The summed E-state index contributed by atoms with van der Waals surface area (Å²) >= 11 is 12.4. The number of hydrogen-bond acceptors (Lipinski definition) is 3. The van der Waals surface area contributed by atoms with Crippen LogP contribution in [0, 0.1) is 19.8 Å². The first-order valence-electron chi connectivity index (χ1n) is 11.2. The van der Waals surface area contributed by atoms with Crippen LogP contribution in [-0.2, 0) is 11.3 Å². The van der Waals surface area contributed by atoms with Crippen molar-refractivity contribution in [1.29, 1.82) is 0 Å². The first-order chi connectivity index (χ1) is 14.9. The standard InChI is InChI=1S/C25H31Cl2N3O/c1-18-5-3-7-24(19(18)2)29-11-13-30(14-12-29)25(31)21-6-4-10-28(17-21)16-20-8-9-22(26)15-23(20)27/h3,5,7-9,15,21H,4,6,10-14,16-17H2,1-2H3. The van der Waals surface area contributed by atoms with E-state index in [1.54, 1.807) is 6.07 Å². The summed E-state index contributed by atoms with van der Waals surface area (Å²) in [7, 11) is 0. The molecule has 2 fully saturated rings. The first kappa shape index (κ1) is 22.4. The third-order valence-electron chi connectivity index (χ3n) is 6.77. The number of rotatable bonds is 4. The second-order valence-electron chi connectivity index (χ2n) is 8.84. The molecule has 166 valence electrons. The van der Waals surface area contributed by atoms with Gasteiger partial charge in [0.05, 0.1) is 5.92 Å². The lowest BCUT2D eigenvalue weighted by Crippen LogP contribution is -2.52. The van der Waals surface area contributed by atoms with E-state index in [-0.39, 0.29) is 5.92 Å². The fraction of sp³-hybridized carbons (Fsp3) is 0.480. The number of carbonyl (C=O) groups is 1. The maximum atomic E-state index is 13.3. The molecule has 4 rings (SSSR count). The lowest BCUT2D eigenvalue weighted by Gasteiger charge is -2.40. The van der Waals surface area contributed by atoms with Crippen molar-refractivity contribution in [1.82, 2.24) is 9.80 Å². The van der Waals surface area contributed by atoms with E-state index in [1.165, 1.54) is 16.8 Å². The largest absolute Gasteiger partial charge is 0.368 e. The van der Waals surface area contributed by atoms with E-state index < -0.39 is 0 Å². The minimum absolute atomic E-state index is 0.0760. The number of likely N-dealkylation sites (tertiary alicyclic amines) is 1. The molecule has 2 aromatic carbocycles. The molecule has 2 saturated heterocycles. The number of carbonyl (C=O) groups excluding carboxylic acids is 1. The summed E-state index contributed by atoms with van der Waals surface area (Å²) in [5.74, 6) is 0.389. The van der Waals surface area contributed by atoms with Crippen LogP contribution in [-0.4, -0.2) is 55.0 Å². The number of piperazine rings is 1. The van der Waals surface area contributed by atoms with Gasteiger partial charge in [-0.15, -0.1) is 0 Å². The average molecular weight is 460 g/mol. The summed E-state index contributed by atoms with van der Waals surface area (Å²) in [6, 6.07) is 12.1. The molecule has 2 aliphatic heterocycles. The zero-order chi connectivity index (χ0) is 22.0. The van der Waals surface area contributed by atoms with Gasteiger partial charge in [-0.1, -0.05) is 41.4 Å². The minimum Gasteiger partial charge on any atom is -0.368 e. The molecule has 2 heterocycles. The Morgan fingerprint density at radius 2 is 1.81 bits per heavy atom. The number of piperidine rings is 1. The van der Waals surface area contributed by atoms with E-state index in [1.807, 2.05) is 12.1 Å². The minimum atomic E-state index is 0.0760. The fourth-order valence-electron chi connectivity index (χ4n) is 4.80. The molecule has 2 aromatic rings. The molecule has 2 aliphatic rings. The van der Waals surface area contributed by atoms with Gasteiger partial charge in [0.15, 0.2) is 0 Å². The third-order valence-corrected chi connectivity index (χ3v) is 7.36. The van der Waals surface area contributed by atoms with Crippen LogP contribution in [0.1, 0.15) is 29.5 Å². The van der Waals surface area contributed by atoms with Crippen molar-refractivity contribution < 1.29 is 4.79 Å². The van der Waals surface area contributed by atoms with Crippen molar-refractivity contribution in [2.45, 2.75) is 33.2 Å². The highest BCUT2D eigenvalue weighted by Gasteiger charge is 2.31. The Bertz CT molecular complexity index is 940. The molecule has 4 nitrogen and oxygen atoms in total. The molecule has 0 bridgehead atoms. The summed E-state index contributed by atoms with van der Waals surface area (Å²) in [5.41, 5.74) is 5.03. The van der Waals surface area contributed by atoms with Gasteiger partial charge in [-0.25, -0.2) is 0 Å². The Morgan fingerprint density at radius 3 is 2.55 bits per heavy atom. The van der Waals surface area contributed by atoms with Crippen LogP contribution in [0.2, 0.25) is 10.0 Å². The zero-order valence-corrected chi connectivity index (χ0v) is 19.9. The van der Waals surface area contributed by atoms with Gasteiger partial charge in [0.2, 0.25) is 5.91 Å². The van der Waals surface area contributed by atoms with Gasteiger partial charge < -0.3 is 9.80 Å². The molecular weight excluding hydrogens is 429 g/mol. The Morgan fingerprint density at radius 1 is 1.03 bits per heavy atom. The summed E-state index contributed by atoms with van der Waals surface area (Å²) in [5, 5.41) is 1.35. The molecular formula is C25H31Cl2N3O. The predicted molar refractivity (Wildman–Crippen MR) is 129 cm³/mol. The van der Waals surface area contributed by atoms with E-state index >= 15 is 0 Å². The highest BCUT2D eigenvalue weighted by atomic mass is 35.5. The van der Waals surface area contributed by atoms with Crippen LogP contribution < -0.4 is 4.90 Å². The maximum absolute atomic E-state index is 13.3. The number of aryl methyl sites for hydroxylation is 1. The fourth-order valence-corrected chi connectivity index (χ4v) is 5.26. The monoisotopic (exact) mass is 459 g/mol. The molecule has 0 saturated carbocycles. The molecule has 1 atom stereocenters. The Balaban J connectivity index is 1.33. The van der Waals surface area contributed by atoms with Crippen LogP contribution in [0.15, 0.2) is 36.4 Å². The number of amides is 1. The van der Waals surface area contributed by atoms with Gasteiger partial charge in [-0.05, 0) is 68.1 Å². The smallest absolute Gasteiger partial charge is 0.227 e. The van der Waals surface area contributed by atoms with Gasteiger partial charge >= 0.3 is 0 Å². The predicted octanol–water partition coefficient (Wildman–Crippen LogP) is 5.17. The van der Waals surface area contributed by atoms with Crippen molar-refractivity contribution >= 4 is 34.8 Å². The summed E-state index contributed by atoms with van der Waals surface area (Å²) in [6.45, 7) is 10.3. The van der Waals surface area contributed by atoms with Gasteiger partial charge in [0, 0.05) is 55.0 Å². The quantitative estimate of drug-likeness (QED) is 0.630. The molecule has 0 N–H and O–H groups in total. The van der Waals surface area contributed by atoms with Crippen LogP contribution in [0.3, 0.4) is 0 Å². The van der Waals surface area contributed by atoms with Crippen molar-refractivity contribution in [3.8, 4) is 0 Å². The maximum Gasteiger partial charge on any atom is 0.227 e. The van der Waals surface area contributed by atoms with Gasteiger partial charge in [-0.2, -0.15) is 0 Å². The van der Waals surface area contributed by atoms with Crippen LogP contribution in [0.4, 0.5) is 5.69 Å². The number of nitrogens with zero attached hydrogens (tertiary/aromatic N) is 3. The summed E-state index contributed by atoms with van der Waals surface area (Å²) in [6.07, 6.45) is 2.02. The van der Waals surface area contributed by atoms with Crippen molar-refractivity contribution in [3.63, 3.8) is 0 Å². The zero-order valence-electron chi connectivity index (χ0n) is 18.4. The molecule has 1 amide bonds. The third kappa shape index (κ3) is 5.19. The molecule has 0 aliphatic carbocycles. The number of anilines is 1. The van der Waals surface area contributed by atoms with E-state index in [9.17, 15) is 4.79 Å². The van der Waals surface area contributed by atoms with E-state index in [2.05, 4.69) is 46.7 Å². The number of halogens is 2. The highest BCUT2D eigenvalue weighted by molar-refractivity contribution is 6.35. The first-order valence-corrected chi connectivity index (χ1v) is 11.9. The topological polar surface area (TPSA) is 26.8 Å². The second-order valence-corrected chi connectivity index (χ2v) is 9.69. The molecule has 1 unspecified atom stereocenters. The molecule has 0 radical (unpaired) electrons. The summed E-state index contributed by atoms with van der Waals surface area (Å²) < 4.78 is 0. The lowest BCUT2D eigenvalue weighted by atomic mass is 9.95. The molecule has 31 heavy (non-hydrogen) atoms. The summed E-state index contributed by atoms with van der Waals surface area (Å²) in [4.78, 5) is 20.1. The SMILES string of the molecule is Cc1cccc(N2CCN(C(=O)C3CCCN(Cc4ccc(Cl)cc4Cl)C3)CC2)c1C. The van der Waals surface area contributed by atoms with Crippen molar-refractivity contribution in [2.24, 2.45) is 5.92 Å². The second kappa shape index (κ2) is 9.81. The van der Waals surface area contributed by atoms with E-state index in [0.717, 1.165) is 64.2 Å². The molecule has 0 aromatic heterocycles. The average Bonchev–Trinajstić information content (AvgIpc) is 2.77. The van der Waals surface area contributed by atoms with Crippen LogP contribution >= 0.6 is 23.2 Å². The lowest BCUT2D eigenvalue weighted by molar-refractivity contribution is -0.137. The van der Waals surface area contributed by atoms with E-state index in [0.29, 0.717) is 16.0 Å². The van der Waals surface area contributed by atoms with Crippen molar-refractivity contribution in [3.05, 3.63) is 63.1 Å². The molecule has 6 heteroatoms. The number of hydrogen-bond donors (Lipinski definition) is 0. The highest BCUT2D eigenvalue weighted by Crippen LogP contribution is 2.27. The van der Waals surface area contributed by atoms with Gasteiger partial charge in [0.25, 0.3) is 0 Å². The van der Waals surface area contributed by atoms with Crippen LogP contribution in [0.25, 0.3) is 0 Å². The van der Waals surface area contributed by atoms with Gasteiger partial charge in [0.1, 0.15) is 0 Å². The molecule has 0 spiro atoms. The van der Waals surface area contributed by atoms with E-state index in [4.69, 9.17) is 23.2 Å². The Hall–Kier alpha value is -1.75. The Kier molecular flexibility index (Phi) is 7.10. The van der Waals surface area contributed by atoms with Crippen molar-refractivity contribution in [2.75, 3.05) is 44.2 Å². The normalized spacial score (nSPS) is 20.2. The van der Waals surface area contributed by atoms with Crippen LogP contribution in [0.5, 0.6) is 0 Å².